The van der Waals surface area contributed by atoms with E-state index >= 15 is 0 Å². The van der Waals surface area contributed by atoms with E-state index in [4.69, 9.17) is 0 Å². The number of hydrogen-bond acceptors (Lipinski definition) is 2. The third-order valence-corrected chi connectivity index (χ3v) is 3.42. The van der Waals surface area contributed by atoms with E-state index in [1.165, 1.54) is 0 Å². The van der Waals surface area contributed by atoms with Crippen molar-refractivity contribution in [3.05, 3.63) is 51.4 Å². The van der Waals surface area contributed by atoms with Crippen LogP contribution in [0.4, 0.5) is 0 Å². The van der Waals surface area contributed by atoms with Crippen molar-refractivity contribution in [2.75, 3.05) is 0 Å². The Balaban J connectivity index is 1.98. The van der Waals surface area contributed by atoms with E-state index in [2.05, 4.69) is 27.7 Å². The molecule has 88 valence electrons. The number of halogens is 1. The van der Waals surface area contributed by atoms with E-state index in [0.29, 0.717) is 6.42 Å². The van der Waals surface area contributed by atoms with Crippen LogP contribution >= 0.6 is 22.6 Å². The van der Waals surface area contributed by atoms with Crippen LogP contribution in [0.3, 0.4) is 0 Å². The van der Waals surface area contributed by atoms with Crippen LogP contribution in [-0.4, -0.2) is 15.6 Å². The predicted octanol–water partition coefficient (Wildman–Crippen LogP) is 2.84. The Morgan fingerprint density at radius 1 is 1.29 bits per heavy atom. The van der Waals surface area contributed by atoms with Crippen LogP contribution in [0.5, 0.6) is 0 Å². The topological polar surface area (TPSA) is 34.9 Å². The van der Waals surface area contributed by atoms with Crippen LogP contribution in [-0.2, 0) is 13.5 Å². The number of nitrogens with zero attached hydrogens (tertiary/aromatic N) is 2. The van der Waals surface area contributed by atoms with Crippen molar-refractivity contribution in [2.24, 2.45) is 7.05 Å². The number of carbonyl (C=O) groups is 1. The molecule has 1 heterocycles. The molecule has 0 aliphatic carbocycles. The van der Waals surface area contributed by atoms with E-state index in [1.54, 1.807) is 10.9 Å². The second-order valence-electron chi connectivity index (χ2n) is 3.88. The highest BCUT2D eigenvalue weighted by molar-refractivity contribution is 14.1. The van der Waals surface area contributed by atoms with Crippen molar-refractivity contribution < 1.29 is 4.79 Å². The Labute approximate surface area is 114 Å². The predicted molar refractivity (Wildman–Crippen MR) is 75.0 cm³/mol. The number of Topliss-reactive ketones (excluding diaryl/α,β-unsaturated/α-hetero) is 1. The van der Waals surface area contributed by atoms with Crippen molar-refractivity contribution in [3.63, 3.8) is 0 Å². The van der Waals surface area contributed by atoms with Crippen LogP contribution < -0.4 is 0 Å². The van der Waals surface area contributed by atoms with Gasteiger partial charge in [0.05, 0.1) is 0 Å². The summed E-state index contributed by atoms with van der Waals surface area (Å²) in [5.41, 5.74) is 1.87. The minimum Gasteiger partial charge on any atom is -0.294 e. The molecule has 2 rings (SSSR count). The summed E-state index contributed by atoms with van der Waals surface area (Å²) in [5, 5.41) is 4.08. The first-order valence-corrected chi connectivity index (χ1v) is 6.50. The van der Waals surface area contributed by atoms with Gasteiger partial charge in [-0.2, -0.15) is 5.10 Å². The lowest BCUT2D eigenvalue weighted by molar-refractivity contribution is 0.0982. The molecule has 0 unspecified atom stereocenters. The van der Waals surface area contributed by atoms with E-state index in [1.807, 2.05) is 37.4 Å². The Kier molecular flexibility index (Phi) is 3.93. The van der Waals surface area contributed by atoms with Crippen LogP contribution in [0, 0.1) is 3.57 Å². The molecule has 17 heavy (non-hydrogen) atoms. The summed E-state index contributed by atoms with van der Waals surface area (Å²) in [4.78, 5) is 11.9. The molecule has 0 radical (unpaired) electrons. The van der Waals surface area contributed by atoms with E-state index < -0.39 is 0 Å². The van der Waals surface area contributed by atoms with Gasteiger partial charge < -0.3 is 0 Å². The molecular weight excluding hydrogens is 327 g/mol. The third kappa shape index (κ3) is 3.15. The number of benzene rings is 1. The first kappa shape index (κ1) is 12.3. The molecule has 0 atom stereocenters. The number of hydrogen-bond donors (Lipinski definition) is 0. The van der Waals surface area contributed by atoms with Crippen molar-refractivity contribution in [3.8, 4) is 0 Å². The van der Waals surface area contributed by atoms with Crippen LogP contribution in [0.25, 0.3) is 0 Å². The minimum absolute atomic E-state index is 0.183. The van der Waals surface area contributed by atoms with Crippen molar-refractivity contribution in [2.45, 2.75) is 12.8 Å². The highest BCUT2D eigenvalue weighted by Gasteiger charge is 2.07. The van der Waals surface area contributed by atoms with E-state index in [9.17, 15) is 4.79 Å². The fourth-order valence-electron chi connectivity index (χ4n) is 1.67. The Morgan fingerprint density at radius 2 is 2.00 bits per heavy atom. The summed E-state index contributed by atoms with van der Waals surface area (Å²) < 4.78 is 2.95. The minimum atomic E-state index is 0.183. The molecule has 1 aromatic carbocycles. The van der Waals surface area contributed by atoms with Gasteiger partial charge in [0.25, 0.3) is 0 Å². The summed E-state index contributed by atoms with van der Waals surface area (Å²) in [7, 11) is 1.89. The smallest absolute Gasteiger partial charge is 0.163 e. The Morgan fingerprint density at radius 3 is 2.59 bits per heavy atom. The van der Waals surface area contributed by atoms with Crippen molar-refractivity contribution in [1.82, 2.24) is 9.78 Å². The molecule has 0 spiro atoms. The van der Waals surface area contributed by atoms with Gasteiger partial charge in [-0.15, -0.1) is 0 Å². The molecule has 0 amide bonds. The first-order valence-electron chi connectivity index (χ1n) is 5.42. The number of aromatic nitrogens is 2. The lowest BCUT2D eigenvalue weighted by Crippen LogP contribution is -2.04. The van der Waals surface area contributed by atoms with Crippen LogP contribution in [0.15, 0.2) is 36.5 Å². The normalized spacial score (nSPS) is 10.5. The maximum Gasteiger partial charge on any atom is 0.163 e. The standard InChI is InChI=1S/C13H13IN2O/c1-16-12(8-9-15-16)6-7-13(17)10-2-4-11(14)5-3-10/h2-5,8-9H,6-7H2,1H3. The lowest BCUT2D eigenvalue weighted by Gasteiger charge is -2.02. The molecular formula is C13H13IN2O. The third-order valence-electron chi connectivity index (χ3n) is 2.70. The second kappa shape index (κ2) is 5.44. The maximum atomic E-state index is 11.9. The number of carbonyl (C=O) groups excluding carboxylic acids is 1. The van der Waals surface area contributed by atoms with Gasteiger partial charge in [-0.05, 0) is 47.2 Å². The molecule has 0 bridgehead atoms. The molecule has 0 aliphatic heterocycles. The van der Waals surface area contributed by atoms with Gasteiger partial charge in [-0.3, -0.25) is 9.48 Å². The molecule has 0 saturated carbocycles. The number of aryl methyl sites for hydroxylation is 2. The summed E-state index contributed by atoms with van der Waals surface area (Å²) >= 11 is 2.23. The molecule has 1 aromatic heterocycles. The second-order valence-corrected chi connectivity index (χ2v) is 5.12. The van der Waals surface area contributed by atoms with Gasteiger partial charge in [0.1, 0.15) is 0 Å². The fourth-order valence-corrected chi connectivity index (χ4v) is 2.03. The molecule has 0 aliphatic rings. The van der Waals surface area contributed by atoms with Crippen LogP contribution in [0.1, 0.15) is 22.5 Å². The molecule has 3 nitrogen and oxygen atoms in total. The maximum absolute atomic E-state index is 11.9. The zero-order valence-electron chi connectivity index (χ0n) is 9.56. The molecule has 0 saturated heterocycles. The summed E-state index contributed by atoms with van der Waals surface area (Å²) in [6.07, 6.45) is 3.02. The zero-order valence-corrected chi connectivity index (χ0v) is 11.7. The number of ketones is 1. The van der Waals surface area contributed by atoms with Gasteiger partial charge in [0.15, 0.2) is 5.78 Å². The number of rotatable bonds is 4. The van der Waals surface area contributed by atoms with E-state index in [-0.39, 0.29) is 5.78 Å². The van der Waals surface area contributed by atoms with Gasteiger partial charge >= 0.3 is 0 Å². The lowest BCUT2D eigenvalue weighted by atomic mass is 10.1. The summed E-state index contributed by atoms with van der Waals surface area (Å²) in [6, 6.07) is 9.62. The molecule has 0 N–H and O–H groups in total. The summed E-state index contributed by atoms with van der Waals surface area (Å²) in [5.74, 6) is 0.183. The highest BCUT2D eigenvalue weighted by atomic mass is 127. The van der Waals surface area contributed by atoms with Crippen LogP contribution in [0.2, 0.25) is 0 Å². The molecule has 4 heteroatoms. The average Bonchev–Trinajstić information content (AvgIpc) is 2.73. The molecule has 2 aromatic rings. The fraction of sp³-hybridized carbons (Fsp3) is 0.231. The largest absolute Gasteiger partial charge is 0.294 e. The first-order chi connectivity index (χ1) is 8.16. The van der Waals surface area contributed by atoms with Gasteiger partial charge in [0, 0.05) is 34.5 Å². The van der Waals surface area contributed by atoms with Gasteiger partial charge in [0.2, 0.25) is 0 Å². The highest BCUT2D eigenvalue weighted by Crippen LogP contribution is 2.10. The van der Waals surface area contributed by atoms with Crippen molar-refractivity contribution in [1.29, 1.82) is 0 Å². The average molecular weight is 340 g/mol. The summed E-state index contributed by atoms with van der Waals surface area (Å²) in [6.45, 7) is 0. The van der Waals surface area contributed by atoms with Crippen molar-refractivity contribution >= 4 is 28.4 Å². The molecule has 0 fully saturated rings. The Bertz CT molecular complexity index is 516. The monoisotopic (exact) mass is 340 g/mol. The zero-order chi connectivity index (χ0) is 12.3. The quantitative estimate of drug-likeness (QED) is 0.634. The Hall–Kier alpha value is -1.17. The van der Waals surface area contributed by atoms with E-state index in [0.717, 1.165) is 21.2 Å². The van der Waals surface area contributed by atoms with Gasteiger partial charge in [-0.1, -0.05) is 12.1 Å². The van der Waals surface area contributed by atoms with Gasteiger partial charge in [-0.25, -0.2) is 0 Å². The SMILES string of the molecule is Cn1nccc1CCC(=O)c1ccc(I)cc1.